The second-order valence-electron chi connectivity index (χ2n) is 5.47. The molecule has 0 aliphatic carbocycles. The van der Waals surface area contributed by atoms with Gasteiger partial charge in [-0.25, -0.2) is 4.98 Å². The highest BCUT2D eigenvalue weighted by Gasteiger charge is 2.21. The maximum absolute atomic E-state index is 5.24. The zero-order chi connectivity index (χ0) is 14.4. The molecule has 1 unspecified atom stereocenters. The zero-order valence-corrected chi connectivity index (χ0v) is 12.9. The molecule has 2 rings (SSSR count). The van der Waals surface area contributed by atoms with Gasteiger partial charge < -0.3 is 15.0 Å². The van der Waals surface area contributed by atoms with Crippen molar-refractivity contribution in [2.24, 2.45) is 5.92 Å². The molecule has 5 heteroatoms. The molecule has 0 bridgehead atoms. The quantitative estimate of drug-likeness (QED) is 0.807. The van der Waals surface area contributed by atoms with Gasteiger partial charge in [-0.15, -0.1) is 0 Å². The van der Waals surface area contributed by atoms with Crippen LogP contribution in [0.25, 0.3) is 0 Å². The predicted octanol–water partition coefficient (Wildman–Crippen LogP) is 2.01. The standard InChI is InChI=1S/C15H26N4O/c1-4-7-16-10-13-6-5-8-19(11-13)14-9-15(20-3)18-12(2)17-14/h9,13,16H,4-8,10-11H2,1-3H3. The van der Waals surface area contributed by atoms with Crippen LogP contribution in [0, 0.1) is 12.8 Å². The highest BCUT2D eigenvalue weighted by molar-refractivity contribution is 5.42. The van der Waals surface area contributed by atoms with Crippen molar-refractivity contribution >= 4 is 5.82 Å². The van der Waals surface area contributed by atoms with E-state index in [0.717, 1.165) is 37.8 Å². The summed E-state index contributed by atoms with van der Waals surface area (Å²) in [5.74, 6) is 3.12. The van der Waals surface area contributed by atoms with Crippen LogP contribution in [0.4, 0.5) is 5.82 Å². The van der Waals surface area contributed by atoms with Crippen LogP contribution in [0.15, 0.2) is 6.07 Å². The molecule has 0 saturated carbocycles. The van der Waals surface area contributed by atoms with E-state index in [4.69, 9.17) is 4.74 Å². The Hall–Kier alpha value is -1.36. The predicted molar refractivity (Wildman–Crippen MR) is 81.4 cm³/mol. The van der Waals surface area contributed by atoms with Gasteiger partial charge in [-0.3, -0.25) is 0 Å². The molecule has 1 aliphatic heterocycles. The van der Waals surface area contributed by atoms with Crippen molar-refractivity contribution in [2.45, 2.75) is 33.1 Å². The van der Waals surface area contributed by atoms with Crippen LogP contribution in [0.5, 0.6) is 5.88 Å². The van der Waals surface area contributed by atoms with Crippen molar-refractivity contribution in [3.05, 3.63) is 11.9 Å². The molecule has 1 fully saturated rings. The minimum atomic E-state index is 0.652. The third-order valence-corrected chi connectivity index (χ3v) is 3.71. The number of piperidine rings is 1. The van der Waals surface area contributed by atoms with Crippen molar-refractivity contribution in [1.29, 1.82) is 0 Å². The molecule has 0 amide bonds. The molecule has 0 spiro atoms. The lowest BCUT2D eigenvalue weighted by atomic mass is 9.98. The van der Waals surface area contributed by atoms with Gasteiger partial charge in [0, 0.05) is 19.2 Å². The number of aryl methyl sites for hydroxylation is 1. The summed E-state index contributed by atoms with van der Waals surface area (Å²) in [6.07, 6.45) is 3.72. The van der Waals surface area contributed by atoms with E-state index in [9.17, 15) is 0 Å². The summed E-state index contributed by atoms with van der Waals surface area (Å²) in [5, 5.41) is 3.53. The first kappa shape index (κ1) is 15.0. The molecule has 1 aromatic rings. The Kier molecular flexibility index (Phi) is 5.59. The molecule has 0 radical (unpaired) electrons. The van der Waals surface area contributed by atoms with E-state index in [-0.39, 0.29) is 0 Å². The van der Waals surface area contributed by atoms with Crippen LogP contribution in [0.1, 0.15) is 32.0 Å². The summed E-state index contributed by atoms with van der Waals surface area (Å²) >= 11 is 0. The third-order valence-electron chi connectivity index (χ3n) is 3.71. The van der Waals surface area contributed by atoms with E-state index in [1.807, 2.05) is 13.0 Å². The number of ether oxygens (including phenoxy) is 1. The lowest BCUT2D eigenvalue weighted by Gasteiger charge is -2.33. The number of rotatable bonds is 6. The first-order chi connectivity index (χ1) is 9.72. The SMILES string of the molecule is CCCNCC1CCCN(c2cc(OC)nc(C)n2)C1. The minimum Gasteiger partial charge on any atom is -0.481 e. The summed E-state index contributed by atoms with van der Waals surface area (Å²) in [4.78, 5) is 11.2. The Morgan fingerprint density at radius 1 is 1.45 bits per heavy atom. The first-order valence-electron chi connectivity index (χ1n) is 7.58. The molecule has 1 aromatic heterocycles. The highest BCUT2D eigenvalue weighted by atomic mass is 16.5. The molecular formula is C15H26N4O. The van der Waals surface area contributed by atoms with E-state index in [2.05, 4.69) is 27.1 Å². The molecule has 1 aliphatic rings. The molecular weight excluding hydrogens is 252 g/mol. The van der Waals surface area contributed by atoms with Crippen LogP contribution in [0.2, 0.25) is 0 Å². The fourth-order valence-corrected chi connectivity index (χ4v) is 2.71. The normalized spacial score (nSPS) is 19.1. The highest BCUT2D eigenvalue weighted by Crippen LogP contribution is 2.23. The molecule has 0 aromatic carbocycles. The summed E-state index contributed by atoms with van der Waals surface area (Å²) in [6, 6.07) is 1.94. The molecule has 112 valence electrons. The summed E-state index contributed by atoms with van der Waals surface area (Å²) in [6.45, 7) is 8.47. The molecule has 2 heterocycles. The number of nitrogens with zero attached hydrogens (tertiary/aromatic N) is 3. The number of anilines is 1. The maximum atomic E-state index is 5.24. The van der Waals surface area contributed by atoms with Gasteiger partial charge in [0.15, 0.2) is 0 Å². The molecule has 1 N–H and O–H groups in total. The topological polar surface area (TPSA) is 50.3 Å². The summed E-state index contributed by atoms with van der Waals surface area (Å²) in [7, 11) is 1.65. The van der Waals surface area contributed by atoms with E-state index < -0.39 is 0 Å². The fourth-order valence-electron chi connectivity index (χ4n) is 2.71. The van der Waals surface area contributed by atoms with E-state index in [0.29, 0.717) is 11.8 Å². The van der Waals surface area contributed by atoms with Crippen molar-refractivity contribution in [2.75, 3.05) is 38.2 Å². The Bertz CT molecular complexity index is 424. The Morgan fingerprint density at radius 3 is 3.05 bits per heavy atom. The van der Waals surface area contributed by atoms with Gasteiger partial charge in [0.05, 0.1) is 7.11 Å². The largest absolute Gasteiger partial charge is 0.481 e. The lowest BCUT2D eigenvalue weighted by Crippen LogP contribution is -2.40. The van der Waals surface area contributed by atoms with E-state index in [1.165, 1.54) is 19.3 Å². The van der Waals surface area contributed by atoms with Crippen LogP contribution < -0.4 is 15.0 Å². The fraction of sp³-hybridized carbons (Fsp3) is 0.733. The molecule has 1 atom stereocenters. The number of nitrogens with one attached hydrogen (secondary N) is 1. The van der Waals surface area contributed by atoms with Crippen LogP contribution in [0.3, 0.4) is 0 Å². The van der Waals surface area contributed by atoms with Gasteiger partial charge >= 0.3 is 0 Å². The van der Waals surface area contributed by atoms with Gasteiger partial charge in [0.2, 0.25) is 5.88 Å². The van der Waals surface area contributed by atoms with E-state index >= 15 is 0 Å². The third kappa shape index (κ3) is 4.07. The van der Waals surface area contributed by atoms with Crippen molar-refractivity contribution in [1.82, 2.24) is 15.3 Å². The zero-order valence-electron chi connectivity index (χ0n) is 12.9. The Balaban J connectivity index is 1.99. The first-order valence-corrected chi connectivity index (χ1v) is 7.58. The summed E-state index contributed by atoms with van der Waals surface area (Å²) in [5.41, 5.74) is 0. The second kappa shape index (κ2) is 7.43. The average molecular weight is 278 g/mol. The van der Waals surface area contributed by atoms with Crippen molar-refractivity contribution < 1.29 is 4.74 Å². The van der Waals surface area contributed by atoms with Gasteiger partial charge in [0.25, 0.3) is 0 Å². The van der Waals surface area contributed by atoms with Crippen LogP contribution in [-0.2, 0) is 0 Å². The molecule has 5 nitrogen and oxygen atoms in total. The van der Waals surface area contributed by atoms with Crippen LogP contribution >= 0.6 is 0 Å². The Morgan fingerprint density at radius 2 is 2.30 bits per heavy atom. The van der Waals surface area contributed by atoms with Gasteiger partial charge in [-0.2, -0.15) is 4.98 Å². The lowest BCUT2D eigenvalue weighted by molar-refractivity contribution is 0.384. The smallest absolute Gasteiger partial charge is 0.218 e. The van der Waals surface area contributed by atoms with Gasteiger partial charge in [-0.1, -0.05) is 6.92 Å². The maximum Gasteiger partial charge on any atom is 0.218 e. The van der Waals surface area contributed by atoms with Crippen molar-refractivity contribution in [3.63, 3.8) is 0 Å². The molecule has 20 heavy (non-hydrogen) atoms. The van der Waals surface area contributed by atoms with Gasteiger partial charge in [0.1, 0.15) is 11.6 Å². The summed E-state index contributed by atoms with van der Waals surface area (Å²) < 4.78 is 5.24. The van der Waals surface area contributed by atoms with E-state index in [1.54, 1.807) is 7.11 Å². The molecule has 1 saturated heterocycles. The minimum absolute atomic E-state index is 0.652. The number of aromatic nitrogens is 2. The second-order valence-corrected chi connectivity index (χ2v) is 5.47. The number of methoxy groups -OCH3 is 1. The monoisotopic (exact) mass is 278 g/mol. The average Bonchev–Trinajstić information content (AvgIpc) is 2.47. The van der Waals surface area contributed by atoms with Crippen molar-refractivity contribution in [3.8, 4) is 5.88 Å². The van der Waals surface area contributed by atoms with Gasteiger partial charge in [-0.05, 0) is 45.2 Å². The number of hydrogen-bond acceptors (Lipinski definition) is 5. The Labute approximate surface area is 121 Å². The number of hydrogen-bond donors (Lipinski definition) is 1. The van der Waals surface area contributed by atoms with Crippen LogP contribution in [-0.4, -0.2) is 43.3 Å².